The van der Waals surface area contributed by atoms with Gasteiger partial charge in [0.05, 0.1) is 11.2 Å². The molecule has 1 saturated heterocycles. The van der Waals surface area contributed by atoms with Gasteiger partial charge in [-0.1, -0.05) is 11.6 Å². The Morgan fingerprint density at radius 3 is 2.42 bits per heavy atom. The van der Waals surface area contributed by atoms with Gasteiger partial charge in [0.1, 0.15) is 16.6 Å². The van der Waals surface area contributed by atoms with Crippen molar-refractivity contribution in [2.24, 2.45) is 0 Å². The summed E-state index contributed by atoms with van der Waals surface area (Å²) in [5.41, 5.74) is 1.31. The Labute approximate surface area is 158 Å². The van der Waals surface area contributed by atoms with E-state index in [1.54, 1.807) is 19.1 Å². The molecule has 1 fully saturated rings. The van der Waals surface area contributed by atoms with Crippen LogP contribution in [0.2, 0.25) is 5.15 Å². The third-order valence-electron chi connectivity index (χ3n) is 5.08. The Balaban J connectivity index is 1.89. The number of hydrogen-bond acceptors (Lipinski definition) is 6. The minimum absolute atomic E-state index is 0.117. The summed E-state index contributed by atoms with van der Waals surface area (Å²) >= 11 is 6.07. The zero-order valence-corrected chi connectivity index (χ0v) is 16.3. The lowest BCUT2D eigenvalue weighted by Crippen LogP contribution is -2.46. The van der Waals surface area contributed by atoms with Crippen LogP contribution in [-0.4, -0.2) is 40.5 Å². The first kappa shape index (κ1) is 19.5. The normalized spacial score (nSPS) is 22.1. The van der Waals surface area contributed by atoms with Gasteiger partial charge in [-0.25, -0.2) is 4.98 Å². The van der Waals surface area contributed by atoms with Crippen LogP contribution >= 0.6 is 11.6 Å². The minimum Gasteiger partial charge on any atom is -0.470 e. The van der Waals surface area contributed by atoms with Gasteiger partial charge in [-0.15, -0.1) is 0 Å². The summed E-state index contributed by atoms with van der Waals surface area (Å²) < 4.78 is 17.9. The Bertz CT molecular complexity index is 805. The largest absolute Gasteiger partial charge is 0.526 e. The monoisotopic (exact) mass is 377 g/mol. The van der Waals surface area contributed by atoms with E-state index in [-0.39, 0.29) is 5.66 Å². The maximum Gasteiger partial charge on any atom is 0.526 e. The van der Waals surface area contributed by atoms with Crippen molar-refractivity contribution in [1.29, 1.82) is 0 Å². The highest BCUT2D eigenvalue weighted by Crippen LogP contribution is 2.40. The van der Waals surface area contributed by atoms with E-state index in [0.717, 1.165) is 16.7 Å². The number of pyridine rings is 1. The molecule has 0 amide bonds. The van der Waals surface area contributed by atoms with Crippen LogP contribution < -0.4 is 11.1 Å². The lowest BCUT2D eigenvalue weighted by atomic mass is 9.79. The SMILES string of the molecule is Cc1cc(B2OC(C)(C)C(C)(Cc3cc(B(O)O)oc3C)O2)cc(Cl)n1. The van der Waals surface area contributed by atoms with E-state index in [4.69, 9.17) is 25.3 Å². The first-order chi connectivity index (χ1) is 12.0. The van der Waals surface area contributed by atoms with Gasteiger partial charge in [0.2, 0.25) is 0 Å². The molecule has 3 heterocycles. The van der Waals surface area contributed by atoms with E-state index >= 15 is 0 Å². The maximum absolute atomic E-state index is 9.32. The molecule has 2 aromatic heterocycles. The Morgan fingerprint density at radius 2 is 1.85 bits per heavy atom. The molecule has 3 rings (SSSR count). The van der Waals surface area contributed by atoms with Crippen molar-refractivity contribution >= 4 is 37.0 Å². The van der Waals surface area contributed by atoms with Crippen LogP contribution in [0.4, 0.5) is 0 Å². The third-order valence-corrected chi connectivity index (χ3v) is 5.27. The van der Waals surface area contributed by atoms with Crippen molar-refractivity contribution in [3.05, 3.63) is 40.4 Å². The lowest BCUT2D eigenvalue weighted by molar-refractivity contribution is -0.00897. The minimum atomic E-state index is -1.64. The molecule has 0 spiro atoms. The molecule has 0 bridgehead atoms. The van der Waals surface area contributed by atoms with Crippen molar-refractivity contribution < 1.29 is 23.8 Å². The summed E-state index contributed by atoms with van der Waals surface area (Å²) in [4.78, 5) is 4.17. The smallest absolute Gasteiger partial charge is 0.470 e. The molecule has 0 aromatic carbocycles. The van der Waals surface area contributed by atoms with Gasteiger partial charge >= 0.3 is 14.2 Å². The molecule has 9 heteroatoms. The molecular formula is C17H22B2ClNO5. The van der Waals surface area contributed by atoms with Gasteiger partial charge in [-0.3, -0.25) is 0 Å². The highest BCUT2D eigenvalue weighted by atomic mass is 35.5. The number of furan rings is 1. The Kier molecular flexibility index (Phi) is 5.01. The molecule has 6 nitrogen and oxygen atoms in total. The van der Waals surface area contributed by atoms with Crippen LogP contribution in [0.1, 0.15) is 37.8 Å². The van der Waals surface area contributed by atoms with Crippen molar-refractivity contribution in [2.45, 2.75) is 52.2 Å². The fraction of sp³-hybridized carbons (Fsp3) is 0.471. The molecule has 2 aromatic rings. The first-order valence-corrected chi connectivity index (χ1v) is 8.83. The van der Waals surface area contributed by atoms with E-state index < -0.39 is 25.4 Å². The number of aromatic nitrogens is 1. The van der Waals surface area contributed by atoms with Crippen molar-refractivity contribution in [1.82, 2.24) is 4.98 Å². The van der Waals surface area contributed by atoms with E-state index in [9.17, 15) is 10.0 Å². The summed E-state index contributed by atoms with van der Waals surface area (Å²) in [6, 6.07) is 5.28. The average Bonchev–Trinajstić information content (AvgIpc) is 2.97. The quantitative estimate of drug-likeness (QED) is 0.614. The second kappa shape index (κ2) is 6.69. The fourth-order valence-corrected chi connectivity index (χ4v) is 3.45. The summed E-state index contributed by atoms with van der Waals surface area (Å²) in [5, 5.41) is 19.0. The Morgan fingerprint density at radius 1 is 1.15 bits per heavy atom. The van der Waals surface area contributed by atoms with Gasteiger partial charge in [-0.2, -0.15) is 0 Å². The van der Waals surface area contributed by atoms with Gasteiger partial charge in [0.25, 0.3) is 0 Å². The van der Waals surface area contributed by atoms with E-state index in [2.05, 4.69) is 4.98 Å². The highest BCUT2D eigenvalue weighted by molar-refractivity contribution is 6.62. The predicted molar refractivity (Wildman–Crippen MR) is 101 cm³/mol. The molecule has 1 aliphatic heterocycles. The lowest BCUT2D eigenvalue weighted by Gasteiger charge is -2.36. The number of rotatable bonds is 4. The van der Waals surface area contributed by atoms with Crippen LogP contribution in [0.15, 0.2) is 22.6 Å². The first-order valence-electron chi connectivity index (χ1n) is 8.46. The summed E-state index contributed by atoms with van der Waals surface area (Å²) in [6.45, 7) is 9.58. The zero-order valence-electron chi connectivity index (χ0n) is 15.5. The number of halogens is 1. The molecule has 2 N–H and O–H groups in total. The third kappa shape index (κ3) is 3.57. The fourth-order valence-electron chi connectivity index (χ4n) is 3.19. The molecule has 0 aliphatic carbocycles. The van der Waals surface area contributed by atoms with Crippen LogP contribution in [0.3, 0.4) is 0 Å². The molecular weight excluding hydrogens is 355 g/mol. The predicted octanol–water partition coefficient (Wildman–Crippen LogP) is 1.15. The molecule has 0 saturated carbocycles. The maximum atomic E-state index is 9.32. The van der Waals surface area contributed by atoms with E-state index in [0.29, 0.717) is 17.3 Å². The molecule has 138 valence electrons. The second-order valence-corrected chi connectivity index (χ2v) is 7.84. The molecule has 26 heavy (non-hydrogen) atoms. The number of aryl methyl sites for hydroxylation is 2. The zero-order chi connectivity index (χ0) is 19.3. The second-order valence-electron chi connectivity index (χ2n) is 7.45. The molecule has 1 unspecified atom stereocenters. The van der Waals surface area contributed by atoms with E-state index in [1.807, 2.05) is 33.8 Å². The van der Waals surface area contributed by atoms with Crippen LogP contribution in [0, 0.1) is 13.8 Å². The van der Waals surface area contributed by atoms with Crippen LogP contribution in [0.5, 0.6) is 0 Å². The van der Waals surface area contributed by atoms with Crippen molar-refractivity contribution in [3.8, 4) is 0 Å². The average molecular weight is 377 g/mol. The number of nitrogens with zero attached hydrogens (tertiary/aromatic N) is 1. The van der Waals surface area contributed by atoms with Crippen LogP contribution in [0.25, 0.3) is 0 Å². The molecule has 1 aliphatic rings. The Hall–Kier alpha value is -1.31. The van der Waals surface area contributed by atoms with Gasteiger partial charge in [-0.05, 0) is 63.8 Å². The van der Waals surface area contributed by atoms with Crippen LogP contribution in [-0.2, 0) is 15.7 Å². The summed E-state index contributed by atoms with van der Waals surface area (Å²) in [7, 11) is -2.21. The number of hydrogen-bond donors (Lipinski definition) is 2. The standard InChI is InChI=1S/C17H22B2ClNO5/c1-10-6-13(8-15(20)21-10)19-25-16(3,4)17(5,26-19)9-12-7-14(18(22)23)24-11(12)2/h6-8,22-23H,9H2,1-5H3. The topological polar surface area (TPSA) is 85.0 Å². The summed E-state index contributed by atoms with van der Waals surface area (Å²) in [6.07, 6.45) is 0.496. The molecule has 1 atom stereocenters. The van der Waals surface area contributed by atoms with Crippen molar-refractivity contribution in [3.63, 3.8) is 0 Å². The van der Waals surface area contributed by atoms with Gasteiger partial charge in [0, 0.05) is 12.1 Å². The highest BCUT2D eigenvalue weighted by Gasteiger charge is 2.54. The van der Waals surface area contributed by atoms with Gasteiger partial charge < -0.3 is 23.8 Å². The van der Waals surface area contributed by atoms with E-state index in [1.165, 1.54) is 0 Å². The van der Waals surface area contributed by atoms with Gasteiger partial charge in [0.15, 0.2) is 0 Å². The summed E-state index contributed by atoms with van der Waals surface area (Å²) in [5.74, 6) is 0.625. The molecule has 0 radical (unpaired) electrons. The van der Waals surface area contributed by atoms with Crippen molar-refractivity contribution in [2.75, 3.05) is 0 Å².